The third-order valence-electron chi connectivity index (χ3n) is 3.30. The molecule has 0 saturated carbocycles. The highest BCUT2D eigenvalue weighted by atomic mass is 32.1. The first-order chi connectivity index (χ1) is 12.0. The highest BCUT2D eigenvalue weighted by Crippen LogP contribution is 2.28. The average molecular weight is 364 g/mol. The van der Waals surface area contributed by atoms with Crippen LogP contribution in [0.15, 0.2) is 23.6 Å². The van der Waals surface area contributed by atoms with Crippen molar-refractivity contribution in [2.75, 3.05) is 26.1 Å². The summed E-state index contributed by atoms with van der Waals surface area (Å²) in [6.07, 6.45) is 0.644. The fourth-order valence-corrected chi connectivity index (χ4v) is 2.77. The zero-order valence-corrected chi connectivity index (χ0v) is 15.1. The number of esters is 1. The molecule has 0 fully saturated rings. The monoisotopic (exact) mass is 364 g/mol. The van der Waals surface area contributed by atoms with Crippen molar-refractivity contribution in [3.63, 3.8) is 0 Å². The van der Waals surface area contributed by atoms with Crippen LogP contribution in [0.25, 0.3) is 0 Å². The van der Waals surface area contributed by atoms with Crippen molar-refractivity contribution in [2.45, 2.75) is 19.8 Å². The molecule has 0 saturated heterocycles. The first-order valence-corrected chi connectivity index (χ1v) is 8.48. The van der Waals surface area contributed by atoms with Crippen LogP contribution in [-0.4, -0.2) is 37.7 Å². The molecule has 0 aliphatic heterocycles. The predicted molar refractivity (Wildman–Crippen MR) is 94.3 cm³/mol. The van der Waals surface area contributed by atoms with Gasteiger partial charge < -0.3 is 14.2 Å². The number of aromatic nitrogens is 1. The van der Waals surface area contributed by atoms with E-state index in [1.54, 1.807) is 20.3 Å². The van der Waals surface area contributed by atoms with Crippen LogP contribution >= 0.6 is 11.3 Å². The van der Waals surface area contributed by atoms with E-state index in [1.165, 1.54) is 11.3 Å². The summed E-state index contributed by atoms with van der Waals surface area (Å²) >= 11 is 1.32. The summed E-state index contributed by atoms with van der Waals surface area (Å²) in [4.78, 5) is 27.6. The van der Waals surface area contributed by atoms with Gasteiger partial charge in [0.15, 0.2) is 23.2 Å². The van der Waals surface area contributed by atoms with Gasteiger partial charge >= 0.3 is 5.97 Å². The standard InChI is InChI=1S/C17H20N2O5S/c1-11-10-25-17(18-11)19-15(20)9-24-16(21)7-5-12-4-6-13(22-2)14(8-12)23-3/h4,6,8,10H,5,7,9H2,1-3H3,(H,18,19,20). The van der Waals surface area contributed by atoms with Gasteiger partial charge in [0, 0.05) is 11.8 Å². The highest BCUT2D eigenvalue weighted by Gasteiger charge is 2.11. The van der Waals surface area contributed by atoms with Crippen molar-refractivity contribution in [1.29, 1.82) is 0 Å². The number of methoxy groups -OCH3 is 2. The van der Waals surface area contributed by atoms with E-state index in [0.29, 0.717) is 23.1 Å². The number of hydrogen-bond donors (Lipinski definition) is 1. The van der Waals surface area contributed by atoms with Crippen molar-refractivity contribution < 1.29 is 23.8 Å². The first kappa shape index (κ1) is 18.7. The second kappa shape index (κ2) is 9.03. The zero-order chi connectivity index (χ0) is 18.2. The highest BCUT2D eigenvalue weighted by molar-refractivity contribution is 7.13. The van der Waals surface area contributed by atoms with Crippen LogP contribution < -0.4 is 14.8 Å². The van der Waals surface area contributed by atoms with Gasteiger partial charge in [0.25, 0.3) is 5.91 Å². The fourth-order valence-electron chi connectivity index (χ4n) is 2.07. The molecule has 7 nitrogen and oxygen atoms in total. The van der Waals surface area contributed by atoms with E-state index in [-0.39, 0.29) is 13.0 Å². The van der Waals surface area contributed by atoms with E-state index < -0.39 is 11.9 Å². The molecule has 1 amide bonds. The molecular formula is C17H20N2O5S. The summed E-state index contributed by atoms with van der Waals surface area (Å²) < 4.78 is 15.4. The molecule has 1 aromatic heterocycles. The third kappa shape index (κ3) is 5.75. The summed E-state index contributed by atoms with van der Waals surface area (Å²) in [5.41, 5.74) is 1.74. The minimum absolute atomic E-state index is 0.166. The van der Waals surface area contributed by atoms with Gasteiger partial charge in [-0.05, 0) is 31.0 Å². The van der Waals surface area contributed by atoms with Crippen molar-refractivity contribution in [3.8, 4) is 11.5 Å². The van der Waals surface area contributed by atoms with Crippen LogP contribution in [0.1, 0.15) is 17.7 Å². The average Bonchev–Trinajstić information content (AvgIpc) is 3.02. The lowest BCUT2D eigenvalue weighted by atomic mass is 10.1. The number of carbonyl (C=O) groups is 2. The Hall–Kier alpha value is -2.61. The van der Waals surface area contributed by atoms with E-state index >= 15 is 0 Å². The van der Waals surface area contributed by atoms with Gasteiger partial charge in [0.05, 0.1) is 19.9 Å². The molecule has 1 heterocycles. The summed E-state index contributed by atoms with van der Waals surface area (Å²) in [7, 11) is 3.12. The van der Waals surface area contributed by atoms with Gasteiger partial charge in [-0.25, -0.2) is 4.98 Å². The number of thiazole rings is 1. The molecule has 8 heteroatoms. The molecule has 0 bridgehead atoms. The van der Waals surface area contributed by atoms with Crippen molar-refractivity contribution in [1.82, 2.24) is 4.98 Å². The van der Waals surface area contributed by atoms with Gasteiger partial charge in [-0.15, -0.1) is 11.3 Å². The third-order valence-corrected chi connectivity index (χ3v) is 4.17. The summed E-state index contributed by atoms with van der Waals surface area (Å²) in [5, 5.41) is 4.89. The molecule has 25 heavy (non-hydrogen) atoms. The normalized spacial score (nSPS) is 10.2. The van der Waals surface area contributed by atoms with Crippen LogP contribution in [0.3, 0.4) is 0 Å². The zero-order valence-electron chi connectivity index (χ0n) is 14.3. The quantitative estimate of drug-likeness (QED) is 0.725. The van der Waals surface area contributed by atoms with Gasteiger partial charge in [-0.2, -0.15) is 0 Å². The maximum absolute atomic E-state index is 11.8. The molecule has 1 N–H and O–H groups in total. The second-order valence-corrected chi connectivity index (χ2v) is 6.05. The van der Waals surface area contributed by atoms with E-state index in [2.05, 4.69) is 10.3 Å². The van der Waals surface area contributed by atoms with Gasteiger partial charge in [0.1, 0.15) is 0 Å². The fraction of sp³-hybridized carbons (Fsp3) is 0.353. The Morgan fingerprint density at radius 2 is 1.96 bits per heavy atom. The number of nitrogens with zero attached hydrogens (tertiary/aromatic N) is 1. The molecule has 0 unspecified atom stereocenters. The van der Waals surface area contributed by atoms with Gasteiger partial charge in [-0.1, -0.05) is 6.07 Å². The maximum atomic E-state index is 11.8. The molecule has 2 rings (SSSR count). The summed E-state index contributed by atoms with van der Waals surface area (Å²) in [6.45, 7) is 1.50. The molecule has 2 aromatic rings. The lowest BCUT2D eigenvalue weighted by Crippen LogP contribution is -2.21. The van der Waals surface area contributed by atoms with Crippen molar-refractivity contribution >= 4 is 28.3 Å². The number of amides is 1. The number of hydrogen-bond acceptors (Lipinski definition) is 7. The number of nitrogens with one attached hydrogen (secondary N) is 1. The first-order valence-electron chi connectivity index (χ1n) is 7.60. The van der Waals surface area contributed by atoms with E-state index in [9.17, 15) is 9.59 Å². The number of aryl methyl sites for hydroxylation is 2. The lowest BCUT2D eigenvalue weighted by Gasteiger charge is -2.09. The minimum atomic E-state index is -0.444. The SMILES string of the molecule is COc1ccc(CCC(=O)OCC(=O)Nc2nc(C)cs2)cc1OC. The smallest absolute Gasteiger partial charge is 0.306 e. The number of carbonyl (C=O) groups excluding carboxylic acids is 2. The minimum Gasteiger partial charge on any atom is -0.493 e. The van der Waals surface area contributed by atoms with Crippen LogP contribution in [0.5, 0.6) is 11.5 Å². The van der Waals surface area contributed by atoms with Crippen LogP contribution in [-0.2, 0) is 20.7 Å². The predicted octanol–water partition coefficient (Wildman–Crippen LogP) is 2.58. The molecule has 0 aliphatic carbocycles. The van der Waals surface area contributed by atoms with Crippen molar-refractivity contribution in [2.24, 2.45) is 0 Å². The molecule has 0 aliphatic rings. The van der Waals surface area contributed by atoms with Crippen LogP contribution in [0, 0.1) is 6.92 Å². The Balaban J connectivity index is 1.76. The van der Waals surface area contributed by atoms with E-state index in [0.717, 1.165) is 11.3 Å². The number of rotatable bonds is 8. The van der Waals surface area contributed by atoms with Gasteiger partial charge in [0.2, 0.25) is 0 Å². The van der Waals surface area contributed by atoms with E-state index in [1.807, 2.05) is 24.4 Å². The Bertz CT molecular complexity index is 744. The summed E-state index contributed by atoms with van der Waals surface area (Å²) in [6, 6.07) is 5.44. The molecule has 0 atom stereocenters. The Kier molecular flexibility index (Phi) is 6.76. The summed E-state index contributed by atoms with van der Waals surface area (Å²) in [5.74, 6) is 0.378. The molecule has 1 aromatic carbocycles. The Morgan fingerprint density at radius 3 is 2.60 bits per heavy atom. The molecule has 134 valence electrons. The molecular weight excluding hydrogens is 344 g/mol. The second-order valence-electron chi connectivity index (χ2n) is 5.19. The Morgan fingerprint density at radius 1 is 1.20 bits per heavy atom. The van der Waals surface area contributed by atoms with Crippen molar-refractivity contribution in [3.05, 3.63) is 34.8 Å². The largest absolute Gasteiger partial charge is 0.493 e. The Labute approximate surface area is 149 Å². The molecule has 0 radical (unpaired) electrons. The number of ether oxygens (including phenoxy) is 3. The maximum Gasteiger partial charge on any atom is 0.306 e. The lowest BCUT2D eigenvalue weighted by molar-refractivity contribution is -0.147. The number of benzene rings is 1. The van der Waals surface area contributed by atoms with E-state index in [4.69, 9.17) is 14.2 Å². The molecule has 0 spiro atoms. The van der Waals surface area contributed by atoms with Crippen LogP contribution in [0.2, 0.25) is 0 Å². The topological polar surface area (TPSA) is 86.8 Å². The van der Waals surface area contributed by atoms with Crippen LogP contribution in [0.4, 0.5) is 5.13 Å². The number of anilines is 1. The van der Waals surface area contributed by atoms with Gasteiger partial charge in [-0.3, -0.25) is 14.9 Å².